The van der Waals surface area contributed by atoms with Crippen molar-refractivity contribution in [2.75, 3.05) is 12.3 Å². The number of carbonyl (C=O) groups excluding carboxylic acids is 1. The number of aromatic nitrogens is 3. The number of primary amides is 1. The summed E-state index contributed by atoms with van der Waals surface area (Å²) in [4.78, 5) is 18.0. The van der Waals surface area contributed by atoms with E-state index in [9.17, 15) is 10.1 Å². The van der Waals surface area contributed by atoms with Gasteiger partial charge in [0, 0.05) is 23.9 Å². The predicted octanol–water partition coefficient (Wildman–Crippen LogP) is 3.58. The number of halogens is 1. The lowest BCUT2D eigenvalue weighted by Gasteiger charge is -2.34. The van der Waals surface area contributed by atoms with Crippen molar-refractivity contribution in [3.63, 3.8) is 0 Å². The lowest BCUT2D eigenvalue weighted by molar-refractivity contribution is 0.100. The second-order valence-corrected chi connectivity index (χ2v) is 8.13. The Balaban J connectivity index is 1.63. The zero-order chi connectivity index (χ0) is 22.8. The van der Waals surface area contributed by atoms with Crippen molar-refractivity contribution in [3.05, 3.63) is 53.2 Å². The zero-order valence-corrected chi connectivity index (χ0v) is 18.2. The van der Waals surface area contributed by atoms with Crippen LogP contribution in [0.1, 0.15) is 36.2 Å². The van der Waals surface area contributed by atoms with E-state index < -0.39 is 5.91 Å². The van der Waals surface area contributed by atoms with Crippen LogP contribution in [0.25, 0.3) is 11.3 Å². The number of hydrogen-bond acceptors (Lipinski definition) is 7. The summed E-state index contributed by atoms with van der Waals surface area (Å²) in [5.74, 6) is 0.510. The molecule has 1 amide bonds. The van der Waals surface area contributed by atoms with E-state index in [2.05, 4.69) is 16.3 Å². The monoisotopic (exact) mass is 451 g/mol. The van der Waals surface area contributed by atoms with Gasteiger partial charge in [-0.15, -0.1) is 0 Å². The Labute approximate surface area is 190 Å². The first-order valence-electron chi connectivity index (χ1n) is 10.1. The smallest absolute Gasteiger partial charge is 0.254 e. The SMILES string of the molecule is CC1CCC(n2nc(-c3ccc(Oc4ccc(Cl)cn4)cc3)c(C(N)=O)c2N)CN1C#N. The highest BCUT2D eigenvalue weighted by Gasteiger charge is 2.30. The second kappa shape index (κ2) is 8.77. The largest absolute Gasteiger partial charge is 0.439 e. The van der Waals surface area contributed by atoms with Gasteiger partial charge < -0.3 is 21.1 Å². The van der Waals surface area contributed by atoms with Crippen molar-refractivity contribution in [2.24, 2.45) is 5.73 Å². The average Bonchev–Trinajstić information content (AvgIpc) is 3.13. The molecule has 4 rings (SSSR count). The van der Waals surface area contributed by atoms with Gasteiger partial charge in [-0.2, -0.15) is 10.4 Å². The van der Waals surface area contributed by atoms with Gasteiger partial charge in [0.15, 0.2) is 6.19 Å². The van der Waals surface area contributed by atoms with Crippen LogP contribution in [0.15, 0.2) is 42.6 Å². The molecule has 0 aliphatic carbocycles. The van der Waals surface area contributed by atoms with Crippen LogP contribution in [-0.2, 0) is 0 Å². The maximum atomic E-state index is 12.2. The number of pyridine rings is 1. The molecule has 2 atom stereocenters. The highest BCUT2D eigenvalue weighted by Crippen LogP contribution is 2.34. The molecule has 3 heterocycles. The molecule has 10 heteroatoms. The van der Waals surface area contributed by atoms with E-state index in [1.807, 2.05) is 6.92 Å². The van der Waals surface area contributed by atoms with Crippen LogP contribution >= 0.6 is 11.6 Å². The third kappa shape index (κ3) is 4.18. The van der Waals surface area contributed by atoms with E-state index in [0.29, 0.717) is 34.5 Å². The summed E-state index contributed by atoms with van der Waals surface area (Å²) in [6.07, 6.45) is 5.33. The molecular formula is C22H22ClN7O2. The molecule has 1 aromatic carbocycles. The van der Waals surface area contributed by atoms with Crippen LogP contribution < -0.4 is 16.2 Å². The number of rotatable bonds is 5. The van der Waals surface area contributed by atoms with E-state index in [-0.39, 0.29) is 23.5 Å². The van der Waals surface area contributed by atoms with Gasteiger partial charge in [-0.1, -0.05) is 11.6 Å². The van der Waals surface area contributed by atoms with Gasteiger partial charge >= 0.3 is 0 Å². The number of carbonyl (C=O) groups is 1. The van der Waals surface area contributed by atoms with Crippen molar-refractivity contribution < 1.29 is 9.53 Å². The van der Waals surface area contributed by atoms with Gasteiger partial charge in [0.05, 0.1) is 17.6 Å². The maximum absolute atomic E-state index is 12.2. The van der Waals surface area contributed by atoms with Gasteiger partial charge in [-0.25, -0.2) is 9.67 Å². The molecule has 1 fully saturated rings. The predicted molar refractivity (Wildman–Crippen MR) is 120 cm³/mol. The minimum absolute atomic E-state index is 0.128. The van der Waals surface area contributed by atoms with Crippen LogP contribution in [-0.4, -0.2) is 38.2 Å². The van der Waals surface area contributed by atoms with Crippen LogP contribution in [0, 0.1) is 11.5 Å². The number of amides is 1. The molecular weight excluding hydrogens is 430 g/mol. The van der Waals surface area contributed by atoms with Gasteiger partial charge in [-0.05, 0) is 50.1 Å². The summed E-state index contributed by atoms with van der Waals surface area (Å²) in [6, 6.07) is 10.4. The molecule has 32 heavy (non-hydrogen) atoms. The number of nitrogens with zero attached hydrogens (tertiary/aromatic N) is 5. The molecule has 4 N–H and O–H groups in total. The number of hydrogen-bond donors (Lipinski definition) is 2. The van der Waals surface area contributed by atoms with Gasteiger partial charge in [0.1, 0.15) is 22.8 Å². The molecule has 0 saturated carbocycles. The number of nitrogens with two attached hydrogens (primary N) is 2. The van der Waals surface area contributed by atoms with Crippen molar-refractivity contribution in [1.82, 2.24) is 19.7 Å². The van der Waals surface area contributed by atoms with Gasteiger partial charge in [0.2, 0.25) is 5.88 Å². The Morgan fingerprint density at radius 2 is 2.00 bits per heavy atom. The lowest BCUT2D eigenvalue weighted by Crippen LogP contribution is -2.39. The Bertz CT molecular complexity index is 1170. The van der Waals surface area contributed by atoms with Gasteiger partial charge in [-0.3, -0.25) is 4.79 Å². The van der Waals surface area contributed by atoms with Crippen molar-refractivity contribution >= 4 is 23.3 Å². The quantitative estimate of drug-likeness (QED) is 0.565. The molecule has 3 aromatic rings. The second-order valence-electron chi connectivity index (χ2n) is 7.69. The van der Waals surface area contributed by atoms with Crippen LogP contribution in [0.3, 0.4) is 0 Å². The van der Waals surface area contributed by atoms with Crippen molar-refractivity contribution in [2.45, 2.75) is 31.8 Å². The average molecular weight is 452 g/mol. The number of anilines is 1. The molecule has 1 aliphatic rings. The zero-order valence-electron chi connectivity index (χ0n) is 17.4. The topological polar surface area (TPSA) is 136 Å². The summed E-state index contributed by atoms with van der Waals surface area (Å²) in [6.45, 7) is 2.48. The summed E-state index contributed by atoms with van der Waals surface area (Å²) in [5, 5.41) is 14.5. The molecule has 0 spiro atoms. The summed E-state index contributed by atoms with van der Waals surface area (Å²) >= 11 is 5.84. The highest BCUT2D eigenvalue weighted by atomic mass is 35.5. The van der Waals surface area contributed by atoms with E-state index in [1.54, 1.807) is 46.0 Å². The number of likely N-dealkylation sites (tertiary alicyclic amines) is 1. The van der Waals surface area contributed by atoms with Crippen molar-refractivity contribution in [1.29, 1.82) is 5.26 Å². The first kappa shape index (κ1) is 21.5. The van der Waals surface area contributed by atoms with Crippen LogP contribution in [0.5, 0.6) is 11.6 Å². The third-order valence-corrected chi connectivity index (χ3v) is 5.80. The normalized spacial score (nSPS) is 18.2. The number of nitriles is 1. The van der Waals surface area contributed by atoms with E-state index >= 15 is 0 Å². The molecule has 0 bridgehead atoms. The van der Waals surface area contributed by atoms with Gasteiger partial charge in [0.25, 0.3) is 5.91 Å². The minimum Gasteiger partial charge on any atom is -0.439 e. The molecule has 164 valence electrons. The molecule has 9 nitrogen and oxygen atoms in total. The maximum Gasteiger partial charge on any atom is 0.254 e. The minimum atomic E-state index is -0.657. The fourth-order valence-electron chi connectivity index (χ4n) is 3.82. The Hall–Kier alpha value is -3.77. The van der Waals surface area contributed by atoms with Crippen LogP contribution in [0.4, 0.5) is 5.82 Å². The van der Waals surface area contributed by atoms with E-state index in [1.165, 1.54) is 6.20 Å². The standard InChI is InChI=1S/C22H22ClN7O2/c1-13-2-6-16(11-29(13)12-24)30-21(25)19(22(26)31)20(28-30)14-3-7-17(8-4-14)32-18-9-5-15(23)10-27-18/h3-5,7-10,13,16H,2,6,11,25H2,1H3,(H2,26,31). The lowest BCUT2D eigenvalue weighted by atomic mass is 10.00. The molecule has 1 saturated heterocycles. The summed E-state index contributed by atoms with van der Waals surface area (Å²) < 4.78 is 7.33. The molecule has 1 aliphatic heterocycles. The first-order valence-corrected chi connectivity index (χ1v) is 10.5. The first-order chi connectivity index (χ1) is 15.4. The molecule has 2 unspecified atom stereocenters. The number of nitrogen functional groups attached to an aromatic ring is 1. The van der Waals surface area contributed by atoms with Crippen molar-refractivity contribution in [3.8, 4) is 29.1 Å². The summed E-state index contributed by atoms with van der Waals surface area (Å²) in [7, 11) is 0. The fourth-order valence-corrected chi connectivity index (χ4v) is 3.93. The van der Waals surface area contributed by atoms with E-state index in [4.69, 9.17) is 27.8 Å². The summed E-state index contributed by atoms with van der Waals surface area (Å²) in [5.41, 5.74) is 13.2. The fraction of sp³-hybridized carbons (Fsp3) is 0.273. The van der Waals surface area contributed by atoms with Crippen LogP contribution in [0.2, 0.25) is 5.02 Å². The third-order valence-electron chi connectivity index (χ3n) is 5.58. The molecule has 2 aromatic heterocycles. The van der Waals surface area contributed by atoms with E-state index in [0.717, 1.165) is 12.8 Å². The Morgan fingerprint density at radius 1 is 1.25 bits per heavy atom. The number of piperidine rings is 1. The Kier molecular flexibility index (Phi) is 5.88. The number of ether oxygens (including phenoxy) is 1. The Morgan fingerprint density at radius 3 is 2.62 bits per heavy atom. The highest BCUT2D eigenvalue weighted by molar-refractivity contribution is 6.30. The molecule has 0 radical (unpaired) electrons. The number of benzene rings is 1.